The lowest BCUT2D eigenvalue weighted by Crippen LogP contribution is -2.20. The van der Waals surface area contributed by atoms with Crippen molar-refractivity contribution in [2.45, 2.75) is 25.6 Å². The van der Waals surface area contributed by atoms with E-state index in [1.807, 2.05) is 6.07 Å². The van der Waals surface area contributed by atoms with E-state index in [0.717, 1.165) is 12.1 Å². The molecule has 4 nitrogen and oxygen atoms in total. The summed E-state index contributed by atoms with van der Waals surface area (Å²) in [5, 5.41) is 11.7. The smallest absolute Gasteiger partial charge is 0.385 e. The minimum Gasteiger partial charge on any atom is -0.385 e. The summed E-state index contributed by atoms with van der Waals surface area (Å²) in [5.74, 6) is -0.0547. The van der Waals surface area contributed by atoms with Gasteiger partial charge in [0.15, 0.2) is 0 Å². The Hall–Kier alpha value is -1.81. The fourth-order valence-electron chi connectivity index (χ4n) is 1.42. The second-order valence-corrected chi connectivity index (χ2v) is 4.03. The van der Waals surface area contributed by atoms with E-state index in [1.165, 1.54) is 7.11 Å². The third-order valence-corrected chi connectivity index (χ3v) is 2.44. The first kappa shape index (κ1) is 15.2. The number of pyridine rings is 1. The predicted molar refractivity (Wildman–Crippen MR) is 63.5 cm³/mol. The molecular weight excluding hydrogens is 259 g/mol. The summed E-state index contributed by atoms with van der Waals surface area (Å²) in [7, 11) is 1.54. The molecule has 0 amide bonds. The normalized spacial score (nSPS) is 12.8. The minimum absolute atomic E-state index is 0.0547. The Morgan fingerprint density at radius 2 is 2.16 bits per heavy atom. The SMILES string of the molecule is COCCC(C)Nc1nc(C(F)(F)F)ccc1C#N. The average molecular weight is 273 g/mol. The van der Waals surface area contributed by atoms with Crippen LogP contribution < -0.4 is 5.32 Å². The highest BCUT2D eigenvalue weighted by Gasteiger charge is 2.33. The maximum atomic E-state index is 12.6. The van der Waals surface area contributed by atoms with Crippen LogP contribution in [0.2, 0.25) is 0 Å². The number of hydrogen-bond acceptors (Lipinski definition) is 4. The fraction of sp³-hybridized carbons (Fsp3) is 0.500. The monoisotopic (exact) mass is 273 g/mol. The highest BCUT2D eigenvalue weighted by Crippen LogP contribution is 2.29. The Morgan fingerprint density at radius 3 is 2.68 bits per heavy atom. The molecule has 1 aromatic heterocycles. The first-order valence-corrected chi connectivity index (χ1v) is 5.62. The number of methoxy groups -OCH3 is 1. The number of nitrogens with one attached hydrogen (secondary N) is 1. The molecule has 1 atom stereocenters. The molecule has 0 fully saturated rings. The van der Waals surface area contributed by atoms with E-state index in [2.05, 4.69) is 10.3 Å². The first-order valence-electron chi connectivity index (χ1n) is 5.62. The summed E-state index contributed by atoms with van der Waals surface area (Å²) in [4.78, 5) is 3.46. The van der Waals surface area contributed by atoms with Crippen molar-refractivity contribution in [3.8, 4) is 6.07 Å². The molecule has 0 radical (unpaired) electrons. The quantitative estimate of drug-likeness (QED) is 0.896. The van der Waals surface area contributed by atoms with Crippen molar-refractivity contribution >= 4 is 5.82 Å². The van der Waals surface area contributed by atoms with Gasteiger partial charge in [-0.2, -0.15) is 18.4 Å². The molecule has 19 heavy (non-hydrogen) atoms. The Labute approximate surface area is 109 Å². The fourth-order valence-corrected chi connectivity index (χ4v) is 1.42. The van der Waals surface area contributed by atoms with Gasteiger partial charge in [-0.05, 0) is 25.5 Å². The number of nitriles is 1. The summed E-state index contributed by atoms with van der Waals surface area (Å²) in [5.41, 5.74) is -0.940. The molecule has 1 rings (SSSR count). The van der Waals surface area contributed by atoms with Gasteiger partial charge in [0.05, 0.1) is 5.56 Å². The first-order chi connectivity index (χ1) is 8.88. The molecule has 1 N–H and O–H groups in total. The Bertz CT molecular complexity index is 468. The van der Waals surface area contributed by atoms with Gasteiger partial charge in [0.2, 0.25) is 0 Å². The third-order valence-electron chi connectivity index (χ3n) is 2.44. The van der Waals surface area contributed by atoms with Crippen LogP contribution in [0.1, 0.15) is 24.6 Å². The lowest BCUT2D eigenvalue weighted by Gasteiger charge is -2.16. The van der Waals surface area contributed by atoms with Gasteiger partial charge in [-0.25, -0.2) is 4.98 Å². The van der Waals surface area contributed by atoms with Gasteiger partial charge in [0.25, 0.3) is 0 Å². The number of nitrogens with zero attached hydrogens (tertiary/aromatic N) is 2. The lowest BCUT2D eigenvalue weighted by molar-refractivity contribution is -0.141. The van der Waals surface area contributed by atoms with Gasteiger partial charge in [-0.15, -0.1) is 0 Å². The van der Waals surface area contributed by atoms with Crippen molar-refractivity contribution < 1.29 is 17.9 Å². The lowest BCUT2D eigenvalue weighted by atomic mass is 10.2. The number of alkyl halides is 3. The molecule has 1 aromatic rings. The molecule has 0 aliphatic heterocycles. The Kier molecular flexibility index (Phi) is 5.12. The molecule has 104 valence electrons. The molecule has 0 spiro atoms. The number of rotatable bonds is 5. The maximum Gasteiger partial charge on any atom is 0.433 e. The van der Waals surface area contributed by atoms with Crippen LogP contribution in [0.4, 0.5) is 19.0 Å². The van der Waals surface area contributed by atoms with E-state index in [-0.39, 0.29) is 17.4 Å². The zero-order chi connectivity index (χ0) is 14.5. The molecule has 0 bridgehead atoms. The molecule has 0 saturated carbocycles. The van der Waals surface area contributed by atoms with E-state index < -0.39 is 11.9 Å². The van der Waals surface area contributed by atoms with Crippen molar-refractivity contribution in [3.63, 3.8) is 0 Å². The van der Waals surface area contributed by atoms with Gasteiger partial charge < -0.3 is 10.1 Å². The zero-order valence-electron chi connectivity index (χ0n) is 10.6. The summed E-state index contributed by atoms with van der Waals surface area (Å²) in [6.45, 7) is 2.25. The summed E-state index contributed by atoms with van der Waals surface area (Å²) >= 11 is 0. The second kappa shape index (κ2) is 6.38. The molecule has 1 heterocycles. The largest absolute Gasteiger partial charge is 0.433 e. The van der Waals surface area contributed by atoms with E-state index in [4.69, 9.17) is 10.00 Å². The summed E-state index contributed by atoms with van der Waals surface area (Å²) < 4.78 is 42.5. The molecule has 0 aliphatic rings. The van der Waals surface area contributed by atoms with Crippen LogP contribution in [0, 0.1) is 11.3 Å². The predicted octanol–water partition coefficient (Wildman–Crippen LogP) is 2.81. The maximum absolute atomic E-state index is 12.6. The van der Waals surface area contributed by atoms with Gasteiger partial charge in [-0.3, -0.25) is 0 Å². The Balaban J connectivity index is 2.94. The van der Waals surface area contributed by atoms with Crippen LogP contribution in [-0.2, 0) is 10.9 Å². The van der Waals surface area contributed by atoms with E-state index in [0.29, 0.717) is 13.0 Å². The third kappa shape index (κ3) is 4.41. The molecular formula is C12H14F3N3O. The molecule has 1 unspecified atom stereocenters. The van der Waals surface area contributed by atoms with Gasteiger partial charge in [0.1, 0.15) is 17.6 Å². The van der Waals surface area contributed by atoms with Crippen LogP contribution in [0.5, 0.6) is 0 Å². The number of halogens is 3. The summed E-state index contributed by atoms with van der Waals surface area (Å²) in [6, 6.07) is 3.57. The van der Waals surface area contributed by atoms with Crippen molar-refractivity contribution in [2.75, 3.05) is 19.0 Å². The van der Waals surface area contributed by atoms with Crippen LogP contribution in [0.15, 0.2) is 12.1 Å². The van der Waals surface area contributed by atoms with Gasteiger partial charge in [-0.1, -0.05) is 0 Å². The number of anilines is 1. The number of ether oxygens (including phenoxy) is 1. The van der Waals surface area contributed by atoms with Crippen molar-refractivity contribution in [2.24, 2.45) is 0 Å². The van der Waals surface area contributed by atoms with E-state index in [1.54, 1.807) is 6.92 Å². The zero-order valence-corrected chi connectivity index (χ0v) is 10.6. The van der Waals surface area contributed by atoms with Crippen molar-refractivity contribution in [3.05, 3.63) is 23.4 Å². The van der Waals surface area contributed by atoms with Crippen molar-refractivity contribution in [1.29, 1.82) is 5.26 Å². The Morgan fingerprint density at radius 1 is 1.47 bits per heavy atom. The molecule has 0 saturated heterocycles. The van der Waals surface area contributed by atoms with Gasteiger partial charge in [0, 0.05) is 19.8 Å². The number of aromatic nitrogens is 1. The standard InChI is InChI=1S/C12H14F3N3O/c1-8(5-6-19-2)17-11-9(7-16)3-4-10(18-11)12(13,14)15/h3-4,8H,5-6H2,1-2H3,(H,17,18). The molecule has 0 aromatic carbocycles. The van der Waals surface area contributed by atoms with E-state index >= 15 is 0 Å². The van der Waals surface area contributed by atoms with E-state index in [9.17, 15) is 13.2 Å². The highest BCUT2D eigenvalue weighted by molar-refractivity contribution is 5.53. The summed E-state index contributed by atoms with van der Waals surface area (Å²) in [6.07, 6.45) is -3.93. The highest BCUT2D eigenvalue weighted by atomic mass is 19.4. The number of hydrogen-bond donors (Lipinski definition) is 1. The average Bonchev–Trinajstić information content (AvgIpc) is 2.35. The minimum atomic E-state index is -4.53. The topological polar surface area (TPSA) is 57.9 Å². The molecule has 7 heteroatoms. The molecule has 0 aliphatic carbocycles. The second-order valence-electron chi connectivity index (χ2n) is 4.03. The van der Waals surface area contributed by atoms with Crippen molar-refractivity contribution in [1.82, 2.24) is 4.98 Å². The van der Waals surface area contributed by atoms with Crippen LogP contribution in [-0.4, -0.2) is 24.7 Å². The van der Waals surface area contributed by atoms with Crippen LogP contribution >= 0.6 is 0 Å². The van der Waals surface area contributed by atoms with Crippen LogP contribution in [0.3, 0.4) is 0 Å². The van der Waals surface area contributed by atoms with Crippen LogP contribution in [0.25, 0.3) is 0 Å². The van der Waals surface area contributed by atoms with Gasteiger partial charge >= 0.3 is 6.18 Å².